The molecule has 5 rings (SSSR count). The zero-order valence-corrected chi connectivity index (χ0v) is 26.5. The standard InChI is InChI=1S/C35H45N5O5/c1-23-6-4-8-28(16-23)34(42)40(22-27-7-5-9-30(18-27)44-3)29-14-15-39(35(43)31-17-24(2)45-38-31)32(19-29)33(41)37-21-26-12-10-25(20-36)11-13-26/h4-9,16-18,25-26,29,32H,10-15,19-22,36H2,1-3H3,(H,37,41)/t25?,26?,29?,32-/m1/s1. The molecule has 2 heterocycles. The number of nitrogens with two attached hydrogens (primary N) is 1. The summed E-state index contributed by atoms with van der Waals surface area (Å²) in [5, 5.41) is 7.10. The van der Waals surface area contributed by atoms with Crippen LogP contribution in [0.15, 0.2) is 59.1 Å². The highest BCUT2D eigenvalue weighted by Gasteiger charge is 2.41. The fourth-order valence-electron chi connectivity index (χ4n) is 6.65. The van der Waals surface area contributed by atoms with Crippen LogP contribution in [0.2, 0.25) is 0 Å². The van der Waals surface area contributed by atoms with Crippen LogP contribution in [0.1, 0.15) is 76.3 Å². The predicted molar refractivity (Wildman–Crippen MR) is 171 cm³/mol. The molecule has 1 unspecified atom stereocenters. The molecule has 1 saturated heterocycles. The first-order chi connectivity index (χ1) is 21.7. The number of carbonyl (C=O) groups excluding carboxylic acids is 3. The molecular weight excluding hydrogens is 570 g/mol. The number of likely N-dealkylation sites (tertiary alicyclic amines) is 1. The number of carbonyl (C=O) groups is 3. The second kappa shape index (κ2) is 14.7. The zero-order chi connectivity index (χ0) is 31.9. The lowest BCUT2D eigenvalue weighted by Gasteiger charge is -2.43. The van der Waals surface area contributed by atoms with Crippen molar-refractivity contribution < 1.29 is 23.6 Å². The molecule has 1 saturated carbocycles. The van der Waals surface area contributed by atoms with E-state index in [4.69, 9.17) is 15.0 Å². The Morgan fingerprint density at radius 2 is 1.78 bits per heavy atom. The van der Waals surface area contributed by atoms with Crippen molar-refractivity contribution in [2.24, 2.45) is 17.6 Å². The molecule has 2 fully saturated rings. The van der Waals surface area contributed by atoms with E-state index in [1.165, 1.54) is 0 Å². The number of nitrogens with one attached hydrogen (secondary N) is 1. The van der Waals surface area contributed by atoms with Crippen molar-refractivity contribution in [2.75, 3.05) is 26.7 Å². The van der Waals surface area contributed by atoms with Gasteiger partial charge >= 0.3 is 0 Å². The maximum absolute atomic E-state index is 14.1. The van der Waals surface area contributed by atoms with Gasteiger partial charge in [-0.2, -0.15) is 0 Å². The molecule has 45 heavy (non-hydrogen) atoms. The van der Waals surface area contributed by atoms with Gasteiger partial charge < -0.3 is 30.1 Å². The molecule has 10 nitrogen and oxygen atoms in total. The Morgan fingerprint density at radius 1 is 1.02 bits per heavy atom. The number of piperidine rings is 1. The number of aryl methyl sites for hydroxylation is 2. The van der Waals surface area contributed by atoms with Crippen molar-refractivity contribution >= 4 is 17.7 Å². The van der Waals surface area contributed by atoms with Crippen molar-refractivity contribution in [1.29, 1.82) is 0 Å². The monoisotopic (exact) mass is 615 g/mol. The summed E-state index contributed by atoms with van der Waals surface area (Å²) >= 11 is 0. The van der Waals surface area contributed by atoms with Gasteiger partial charge in [-0.05, 0) is 101 Å². The molecule has 3 aromatic rings. The van der Waals surface area contributed by atoms with E-state index in [9.17, 15) is 14.4 Å². The number of benzene rings is 2. The minimum atomic E-state index is -0.772. The van der Waals surface area contributed by atoms with E-state index in [0.29, 0.717) is 67.9 Å². The Morgan fingerprint density at radius 3 is 2.47 bits per heavy atom. The number of amides is 3. The largest absolute Gasteiger partial charge is 0.497 e. The summed E-state index contributed by atoms with van der Waals surface area (Å²) in [7, 11) is 1.62. The second-order valence-corrected chi connectivity index (χ2v) is 12.5. The molecule has 0 radical (unpaired) electrons. The van der Waals surface area contributed by atoms with Gasteiger partial charge in [0.1, 0.15) is 17.6 Å². The van der Waals surface area contributed by atoms with E-state index in [2.05, 4.69) is 10.5 Å². The molecule has 3 amide bonds. The van der Waals surface area contributed by atoms with Crippen LogP contribution < -0.4 is 15.8 Å². The van der Waals surface area contributed by atoms with Crippen LogP contribution in [0.5, 0.6) is 5.75 Å². The number of methoxy groups -OCH3 is 1. The molecule has 1 aromatic heterocycles. The minimum Gasteiger partial charge on any atom is -0.497 e. The molecule has 1 aliphatic carbocycles. The summed E-state index contributed by atoms with van der Waals surface area (Å²) in [5.74, 6) is 1.49. The van der Waals surface area contributed by atoms with Crippen molar-refractivity contribution in [2.45, 2.75) is 71.0 Å². The average Bonchev–Trinajstić information content (AvgIpc) is 3.51. The summed E-state index contributed by atoms with van der Waals surface area (Å²) in [6.45, 7) is 5.58. The smallest absolute Gasteiger partial charge is 0.276 e. The molecule has 2 aromatic carbocycles. The fourth-order valence-corrected chi connectivity index (χ4v) is 6.65. The van der Waals surface area contributed by atoms with Crippen LogP contribution in [0, 0.1) is 25.7 Å². The third kappa shape index (κ3) is 7.92. The highest BCUT2D eigenvalue weighted by atomic mass is 16.5. The topological polar surface area (TPSA) is 131 Å². The molecule has 0 spiro atoms. The van der Waals surface area contributed by atoms with Gasteiger partial charge in [0.2, 0.25) is 5.91 Å². The Labute approximate surface area is 265 Å². The first kappa shape index (κ1) is 32.2. The third-order valence-corrected chi connectivity index (χ3v) is 9.30. The van der Waals surface area contributed by atoms with E-state index in [1.807, 2.05) is 60.4 Å². The normalized spacial score (nSPS) is 21.6. The lowest BCUT2D eigenvalue weighted by molar-refractivity contribution is -0.127. The lowest BCUT2D eigenvalue weighted by Crippen LogP contribution is -2.58. The summed E-state index contributed by atoms with van der Waals surface area (Å²) in [4.78, 5) is 45.1. The predicted octanol–water partition coefficient (Wildman–Crippen LogP) is 4.50. The van der Waals surface area contributed by atoms with Gasteiger partial charge in [0.05, 0.1) is 7.11 Å². The van der Waals surface area contributed by atoms with Crippen molar-refractivity contribution in [3.05, 3.63) is 82.7 Å². The summed E-state index contributed by atoms with van der Waals surface area (Å²) < 4.78 is 10.6. The van der Waals surface area contributed by atoms with Crippen LogP contribution in [0.4, 0.5) is 0 Å². The van der Waals surface area contributed by atoms with Crippen LogP contribution in [-0.2, 0) is 11.3 Å². The van der Waals surface area contributed by atoms with Gasteiger partial charge in [0.25, 0.3) is 11.8 Å². The van der Waals surface area contributed by atoms with Gasteiger partial charge in [0, 0.05) is 37.3 Å². The molecule has 10 heteroatoms. The van der Waals surface area contributed by atoms with Crippen LogP contribution in [0.3, 0.4) is 0 Å². The maximum atomic E-state index is 14.1. The maximum Gasteiger partial charge on any atom is 0.276 e. The van der Waals surface area contributed by atoms with Gasteiger partial charge in [-0.3, -0.25) is 14.4 Å². The zero-order valence-electron chi connectivity index (χ0n) is 26.5. The van der Waals surface area contributed by atoms with E-state index in [1.54, 1.807) is 25.0 Å². The highest BCUT2D eigenvalue weighted by Crippen LogP contribution is 2.30. The summed E-state index contributed by atoms with van der Waals surface area (Å²) in [5.41, 5.74) is 8.54. The third-order valence-electron chi connectivity index (χ3n) is 9.30. The van der Waals surface area contributed by atoms with Crippen LogP contribution in [-0.4, -0.2) is 71.5 Å². The van der Waals surface area contributed by atoms with Crippen molar-refractivity contribution in [1.82, 2.24) is 20.3 Å². The van der Waals surface area contributed by atoms with Crippen molar-refractivity contribution in [3.8, 4) is 5.75 Å². The van der Waals surface area contributed by atoms with Gasteiger partial charge in [0.15, 0.2) is 5.69 Å². The lowest BCUT2D eigenvalue weighted by atomic mass is 9.82. The number of nitrogens with zero attached hydrogens (tertiary/aromatic N) is 3. The molecule has 1 aliphatic heterocycles. The van der Waals surface area contributed by atoms with E-state index < -0.39 is 6.04 Å². The number of rotatable bonds is 10. The molecule has 2 atom stereocenters. The Hall–Kier alpha value is -4.18. The Kier molecular flexibility index (Phi) is 10.5. The number of ether oxygens (including phenoxy) is 1. The van der Waals surface area contributed by atoms with E-state index >= 15 is 0 Å². The molecule has 240 valence electrons. The minimum absolute atomic E-state index is 0.116. The van der Waals surface area contributed by atoms with Gasteiger partial charge in [-0.25, -0.2) is 0 Å². The van der Waals surface area contributed by atoms with Crippen LogP contribution in [0.25, 0.3) is 0 Å². The second-order valence-electron chi connectivity index (χ2n) is 12.5. The fraction of sp³-hybridized carbons (Fsp3) is 0.486. The Balaban J connectivity index is 1.40. The average molecular weight is 616 g/mol. The van der Waals surface area contributed by atoms with E-state index in [-0.39, 0.29) is 29.5 Å². The highest BCUT2D eigenvalue weighted by molar-refractivity contribution is 5.97. The van der Waals surface area contributed by atoms with Crippen LogP contribution >= 0.6 is 0 Å². The molecule has 2 aliphatic rings. The first-order valence-corrected chi connectivity index (χ1v) is 16.0. The number of hydrogen-bond acceptors (Lipinski definition) is 7. The first-order valence-electron chi connectivity index (χ1n) is 16.0. The SMILES string of the molecule is COc1cccc(CN(C(=O)c2cccc(C)c2)C2CCN(C(=O)c3cc(C)on3)[C@@H](C(=O)NCC3CCC(CN)CC3)C2)c1. The van der Waals surface area contributed by atoms with Gasteiger partial charge in [-0.15, -0.1) is 0 Å². The summed E-state index contributed by atoms with van der Waals surface area (Å²) in [6, 6.07) is 15.7. The summed E-state index contributed by atoms with van der Waals surface area (Å²) in [6.07, 6.45) is 5.00. The van der Waals surface area contributed by atoms with E-state index in [0.717, 1.165) is 36.8 Å². The molecular formula is C35H45N5O5. The quantitative estimate of drug-likeness (QED) is 0.344. The Bertz CT molecular complexity index is 1480. The molecule has 3 N–H and O–H groups in total. The van der Waals surface area contributed by atoms with Crippen molar-refractivity contribution in [3.63, 3.8) is 0 Å². The number of aromatic nitrogens is 1. The molecule has 0 bridgehead atoms. The van der Waals surface area contributed by atoms with Gasteiger partial charge in [-0.1, -0.05) is 35.0 Å². The number of hydrogen-bond donors (Lipinski definition) is 2.